The van der Waals surface area contributed by atoms with Gasteiger partial charge in [0, 0.05) is 12.5 Å². The zero-order chi connectivity index (χ0) is 14.7. The minimum absolute atomic E-state index is 0.421. The molecule has 1 aromatic rings. The molecule has 1 heterocycles. The predicted molar refractivity (Wildman–Crippen MR) is 85.0 cm³/mol. The lowest BCUT2D eigenvalue weighted by Crippen LogP contribution is -2.29. The molecular weight excluding hydrogens is 262 g/mol. The predicted octanol–water partition coefficient (Wildman–Crippen LogP) is 3.93. The Morgan fingerprint density at radius 1 is 1.10 bits per heavy atom. The molecule has 0 radical (unpaired) electrons. The number of rotatable bonds is 3. The van der Waals surface area contributed by atoms with Gasteiger partial charge in [-0.25, -0.2) is 0 Å². The lowest BCUT2D eigenvalue weighted by atomic mass is 9.76. The number of ether oxygens (including phenoxy) is 2. The third kappa shape index (κ3) is 3.34. The van der Waals surface area contributed by atoms with Crippen LogP contribution in [0, 0.1) is 11.8 Å². The number of hydrogen-bond acceptors (Lipinski definition) is 3. The first-order valence-corrected chi connectivity index (χ1v) is 8.34. The van der Waals surface area contributed by atoms with Crippen LogP contribution in [0.15, 0.2) is 18.2 Å². The van der Waals surface area contributed by atoms with Gasteiger partial charge in [0.25, 0.3) is 0 Å². The zero-order valence-corrected chi connectivity index (χ0v) is 13.2. The van der Waals surface area contributed by atoms with E-state index in [1.807, 2.05) is 0 Å². The fourth-order valence-corrected chi connectivity index (χ4v) is 3.83. The van der Waals surface area contributed by atoms with Gasteiger partial charge in [-0.05, 0) is 49.4 Å². The second-order valence-corrected chi connectivity index (χ2v) is 6.55. The van der Waals surface area contributed by atoms with Crippen molar-refractivity contribution in [3.8, 4) is 11.5 Å². The smallest absolute Gasteiger partial charge is 0.161 e. The molecule has 1 fully saturated rings. The Hall–Kier alpha value is -1.22. The van der Waals surface area contributed by atoms with Gasteiger partial charge in [-0.15, -0.1) is 0 Å². The van der Waals surface area contributed by atoms with Gasteiger partial charge in [0.05, 0.1) is 13.2 Å². The minimum Gasteiger partial charge on any atom is -0.490 e. The van der Waals surface area contributed by atoms with Gasteiger partial charge in [0.2, 0.25) is 0 Å². The van der Waals surface area contributed by atoms with Crippen LogP contribution < -0.4 is 14.8 Å². The van der Waals surface area contributed by atoms with Crippen molar-refractivity contribution in [2.24, 2.45) is 11.8 Å². The zero-order valence-electron chi connectivity index (χ0n) is 13.2. The van der Waals surface area contributed by atoms with Crippen LogP contribution >= 0.6 is 0 Å². The monoisotopic (exact) mass is 289 g/mol. The topological polar surface area (TPSA) is 30.5 Å². The normalized spacial score (nSPS) is 27.0. The molecule has 116 valence electrons. The Kier molecular flexibility index (Phi) is 4.69. The molecule has 0 saturated heterocycles. The van der Waals surface area contributed by atoms with Crippen molar-refractivity contribution in [2.75, 3.05) is 20.3 Å². The average Bonchev–Trinajstić information content (AvgIpc) is 2.73. The summed E-state index contributed by atoms with van der Waals surface area (Å²) >= 11 is 0. The van der Waals surface area contributed by atoms with E-state index >= 15 is 0 Å². The first-order valence-electron chi connectivity index (χ1n) is 8.34. The first-order chi connectivity index (χ1) is 10.3. The van der Waals surface area contributed by atoms with E-state index in [9.17, 15) is 0 Å². The van der Waals surface area contributed by atoms with Gasteiger partial charge in [-0.3, -0.25) is 0 Å². The van der Waals surface area contributed by atoms with Crippen LogP contribution in [-0.2, 0) is 0 Å². The van der Waals surface area contributed by atoms with E-state index in [0.29, 0.717) is 6.04 Å². The van der Waals surface area contributed by atoms with Crippen molar-refractivity contribution in [1.29, 1.82) is 0 Å². The van der Waals surface area contributed by atoms with Gasteiger partial charge in [-0.2, -0.15) is 0 Å². The van der Waals surface area contributed by atoms with Crippen molar-refractivity contribution in [2.45, 2.75) is 45.1 Å². The van der Waals surface area contributed by atoms with Gasteiger partial charge in [-0.1, -0.05) is 25.8 Å². The molecule has 0 spiro atoms. The molecule has 3 unspecified atom stereocenters. The summed E-state index contributed by atoms with van der Waals surface area (Å²) in [7, 11) is 2.08. The maximum atomic E-state index is 5.84. The first kappa shape index (κ1) is 14.7. The van der Waals surface area contributed by atoms with Crippen LogP contribution in [0.25, 0.3) is 0 Å². The highest BCUT2D eigenvalue weighted by Gasteiger charge is 2.27. The average molecular weight is 289 g/mol. The van der Waals surface area contributed by atoms with E-state index < -0.39 is 0 Å². The summed E-state index contributed by atoms with van der Waals surface area (Å²) in [6.07, 6.45) is 6.34. The van der Waals surface area contributed by atoms with Crippen LogP contribution in [0.3, 0.4) is 0 Å². The third-order valence-electron chi connectivity index (χ3n) is 4.89. The van der Waals surface area contributed by atoms with Crippen LogP contribution in [0.4, 0.5) is 0 Å². The Labute approximate surface area is 128 Å². The Morgan fingerprint density at radius 2 is 1.90 bits per heavy atom. The fourth-order valence-electron chi connectivity index (χ4n) is 3.83. The summed E-state index contributed by atoms with van der Waals surface area (Å²) in [4.78, 5) is 0. The van der Waals surface area contributed by atoms with Crippen molar-refractivity contribution >= 4 is 0 Å². The van der Waals surface area contributed by atoms with E-state index in [-0.39, 0.29) is 0 Å². The van der Waals surface area contributed by atoms with E-state index in [0.717, 1.165) is 43.0 Å². The molecule has 1 aromatic carbocycles. The van der Waals surface area contributed by atoms with Crippen molar-refractivity contribution in [1.82, 2.24) is 5.32 Å². The number of nitrogens with one attached hydrogen (secondary N) is 1. The highest BCUT2D eigenvalue weighted by Crippen LogP contribution is 2.39. The van der Waals surface area contributed by atoms with Crippen LogP contribution in [0.1, 0.15) is 50.6 Å². The van der Waals surface area contributed by atoms with Crippen LogP contribution in [-0.4, -0.2) is 20.3 Å². The molecule has 0 amide bonds. The fraction of sp³-hybridized carbons (Fsp3) is 0.667. The molecule has 1 aliphatic heterocycles. The largest absolute Gasteiger partial charge is 0.490 e. The summed E-state index contributed by atoms with van der Waals surface area (Å²) in [5, 5.41) is 3.53. The van der Waals surface area contributed by atoms with Gasteiger partial charge in [0.1, 0.15) is 0 Å². The highest BCUT2D eigenvalue weighted by atomic mass is 16.5. The molecule has 1 saturated carbocycles. The summed E-state index contributed by atoms with van der Waals surface area (Å²) in [5.74, 6) is 3.38. The molecule has 1 aliphatic carbocycles. The molecule has 3 nitrogen and oxygen atoms in total. The van der Waals surface area contributed by atoms with Crippen molar-refractivity contribution in [3.05, 3.63) is 23.8 Å². The molecule has 21 heavy (non-hydrogen) atoms. The maximum absolute atomic E-state index is 5.84. The Bertz CT molecular complexity index is 474. The molecular formula is C18H27NO2. The lowest BCUT2D eigenvalue weighted by molar-refractivity contribution is 0.229. The summed E-state index contributed by atoms with van der Waals surface area (Å²) in [6.45, 7) is 3.88. The van der Waals surface area contributed by atoms with Crippen LogP contribution in [0.2, 0.25) is 0 Å². The molecule has 3 heteroatoms. The molecule has 3 atom stereocenters. The quantitative estimate of drug-likeness (QED) is 0.914. The van der Waals surface area contributed by atoms with Gasteiger partial charge in [0.15, 0.2) is 11.5 Å². The minimum atomic E-state index is 0.421. The van der Waals surface area contributed by atoms with Gasteiger partial charge < -0.3 is 14.8 Å². The van der Waals surface area contributed by atoms with Crippen molar-refractivity contribution in [3.63, 3.8) is 0 Å². The second kappa shape index (κ2) is 6.69. The molecule has 0 bridgehead atoms. The molecule has 1 N–H and O–H groups in total. The van der Waals surface area contributed by atoms with Crippen molar-refractivity contribution < 1.29 is 9.47 Å². The SMILES string of the molecule is CNC(c1ccc2c(c1)OCCCO2)C1CCCC(C)C1. The molecule has 3 rings (SSSR count). The van der Waals surface area contributed by atoms with E-state index in [1.54, 1.807) is 0 Å². The second-order valence-electron chi connectivity index (χ2n) is 6.55. The standard InChI is InChI=1S/C18H27NO2/c1-13-5-3-6-14(11-13)18(19-2)15-7-8-16-17(12-15)21-10-4-9-20-16/h7-8,12-14,18-19H,3-6,9-11H2,1-2H3. The summed E-state index contributed by atoms with van der Waals surface area (Å²) in [5.41, 5.74) is 1.33. The molecule has 0 aromatic heterocycles. The summed E-state index contributed by atoms with van der Waals surface area (Å²) < 4.78 is 11.6. The lowest BCUT2D eigenvalue weighted by Gasteiger charge is -2.33. The van der Waals surface area contributed by atoms with E-state index in [1.165, 1.54) is 31.2 Å². The Morgan fingerprint density at radius 3 is 2.67 bits per heavy atom. The van der Waals surface area contributed by atoms with Crippen LogP contribution in [0.5, 0.6) is 11.5 Å². The number of hydrogen-bond donors (Lipinski definition) is 1. The highest BCUT2D eigenvalue weighted by molar-refractivity contribution is 5.44. The number of fused-ring (bicyclic) bond motifs is 1. The third-order valence-corrected chi connectivity index (χ3v) is 4.89. The summed E-state index contributed by atoms with van der Waals surface area (Å²) in [6, 6.07) is 6.88. The Balaban J connectivity index is 1.81. The molecule has 2 aliphatic rings. The van der Waals surface area contributed by atoms with E-state index in [2.05, 4.69) is 37.5 Å². The number of benzene rings is 1. The van der Waals surface area contributed by atoms with E-state index in [4.69, 9.17) is 9.47 Å². The van der Waals surface area contributed by atoms with Gasteiger partial charge >= 0.3 is 0 Å². The maximum Gasteiger partial charge on any atom is 0.161 e.